The monoisotopic (exact) mass is 418 g/mol. The van der Waals surface area contributed by atoms with Gasteiger partial charge < -0.3 is 15.0 Å². The molecule has 1 aliphatic heterocycles. The molecule has 0 bridgehead atoms. The van der Waals surface area contributed by atoms with Gasteiger partial charge in [-0.25, -0.2) is 0 Å². The van der Waals surface area contributed by atoms with Gasteiger partial charge in [0.05, 0.1) is 16.4 Å². The van der Waals surface area contributed by atoms with Crippen LogP contribution in [0.25, 0.3) is 0 Å². The summed E-state index contributed by atoms with van der Waals surface area (Å²) in [6.07, 6.45) is 12.2. The predicted octanol–water partition coefficient (Wildman–Crippen LogP) is 3.94. The summed E-state index contributed by atoms with van der Waals surface area (Å²) in [6, 6.07) is 2.10. The molecule has 1 saturated heterocycles. The normalized spacial score (nSPS) is 22.2. The Hall–Kier alpha value is -1.40. The number of methoxy groups -OCH3 is 1. The van der Waals surface area contributed by atoms with Gasteiger partial charge in [0.25, 0.3) is 5.91 Å². The highest BCUT2D eigenvalue weighted by Crippen LogP contribution is 2.42. The maximum absolute atomic E-state index is 13.2. The van der Waals surface area contributed by atoms with E-state index in [0.717, 1.165) is 62.9 Å². The molecule has 0 spiro atoms. The van der Waals surface area contributed by atoms with Crippen molar-refractivity contribution in [3.05, 3.63) is 21.4 Å². The number of thiophene rings is 1. The number of nitrogens with one attached hydrogen (secondary N) is 1. The minimum atomic E-state index is -0.387. The van der Waals surface area contributed by atoms with Crippen molar-refractivity contribution in [2.24, 2.45) is 5.41 Å². The number of amides is 2. The molecule has 5 nitrogen and oxygen atoms in total. The van der Waals surface area contributed by atoms with E-state index in [0.29, 0.717) is 6.54 Å². The van der Waals surface area contributed by atoms with Crippen LogP contribution < -0.4 is 5.32 Å². The summed E-state index contributed by atoms with van der Waals surface area (Å²) < 4.78 is 5.43. The lowest BCUT2D eigenvalue weighted by molar-refractivity contribution is -0.149. The van der Waals surface area contributed by atoms with Crippen molar-refractivity contribution < 1.29 is 14.3 Å². The summed E-state index contributed by atoms with van der Waals surface area (Å²) in [5.74, 6) is 0.232. The van der Waals surface area contributed by atoms with Gasteiger partial charge in [0.15, 0.2) is 0 Å². The van der Waals surface area contributed by atoms with Crippen LogP contribution >= 0.6 is 11.3 Å². The smallest absolute Gasteiger partial charge is 0.261 e. The molecule has 0 atom stereocenters. The molecule has 2 heterocycles. The Balaban J connectivity index is 1.36. The Morgan fingerprint density at radius 1 is 1.14 bits per heavy atom. The molecular weight excluding hydrogens is 384 g/mol. The Morgan fingerprint density at radius 2 is 1.86 bits per heavy atom. The zero-order chi connectivity index (χ0) is 20.3. The number of carbonyl (C=O) groups excluding carboxylic acids is 2. The van der Waals surface area contributed by atoms with Crippen LogP contribution in [0.3, 0.4) is 0 Å². The van der Waals surface area contributed by atoms with E-state index in [1.807, 2.05) is 4.90 Å². The van der Waals surface area contributed by atoms with Crippen LogP contribution in [0.4, 0.5) is 0 Å². The number of nitrogens with zero attached hydrogens (tertiary/aromatic N) is 1. The number of ether oxygens (including phenoxy) is 1. The summed E-state index contributed by atoms with van der Waals surface area (Å²) >= 11 is 1.66. The predicted molar refractivity (Wildman–Crippen MR) is 115 cm³/mol. The quantitative estimate of drug-likeness (QED) is 0.788. The molecule has 1 aromatic rings. The van der Waals surface area contributed by atoms with Gasteiger partial charge in [-0.05, 0) is 63.0 Å². The Morgan fingerprint density at radius 3 is 2.52 bits per heavy atom. The van der Waals surface area contributed by atoms with E-state index in [4.69, 9.17) is 4.74 Å². The lowest BCUT2D eigenvalue weighted by Crippen LogP contribution is -2.55. The van der Waals surface area contributed by atoms with Crippen LogP contribution in [-0.2, 0) is 22.4 Å². The molecule has 3 aliphatic rings. The van der Waals surface area contributed by atoms with Crippen molar-refractivity contribution in [2.45, 2.75) is 76.7 Å². The number of piperidine rings is 1. The molecule has 4 rings (SSSR count). The van der Waals surface area contributed by atoms with Crippen molar-refractivity contribution in [1.29, 1.82) is 0 Å². The van der Waals surface area contributed by atoms with Crippen LogP contribution in [0.15, 0.2) is 6.07 Å². The molecule has 2 fully saturated rings. The third-order valence-corrected chi connectivity index (χ3v) is 8.37. The van der Waals surface area contributed by atoms with Gasteiger partial charge in [-0.2, -0.15) is 0 Å². The van der Waals surface area contributed by atoms with Crippen LogP contribution in [-0.4, -0.2) is 49.6 Å². The largest absolute Gasteiger partial charge is 0.381 e. The first-order chi connectivity index (χ1) is 14.1. The molecule has 2 amide bonds. The average molecular weight is 419 g/mol. The highest BCUT2D eigenvalue weighted by molar-refractivity contribution is 7.14. The van der Waals surface area contributed by atoms with Crippen molar-refractivity contribution in [2.75, 3.05) is 26.7 Å². The summed E-state index contributed by atoms with van der Waals surface area (Å²) in [5.41, 5.74) is 0.983. The van der Waals surface area contributed by atoms with Crippen LogP contribution in [0.2, 0.25) is 0 Å². The molecule has 6 heteroatoms. The molecule has 0 aromatic carbocycles. The highest BCUT2D eigenvalue weighted by Gasteiger charge is 2.47. The van der Waals surface area contributed by atoms with E-state index >= 15 is 0 Å². The Bertz CT molecular complexity index is 707. The lowest BCUT2D eigenvalue weighted by atomic mass is 9.67. The first-order valence-electron chi connectivity index (χ1n) is 11.3. The van der Waals surface area contributed by atoms with E-state index in [1.54, 1.807) is 18.4 Å². The molecule has 0 unspecified atom stereocenters. The van der Waals surface area contributed by atoms with E-state index in [2.05, 4.69) is 11.4 Å². The number of aryl methyl sites for hydroxylation is 2. The lowest BCUT2D eigenvalue weighted by Gasteiger charge is -2.45. The third kappa shape index (κ3) is 4.53. The fraction of sp³-hybridized carbons (Fsp3) is 0.739. The zero-order valence-electron chi connectivity index (χ0n) is 17.6. The third-order valence-electron chi connectivity index (χ3n) is 7.13. The number of fused-ring (bicyclic) bond motifs is 1. The maximum Gasteiger partial charge on any atom is 0.261 e. The number of hydrogen-bond acceptors (Lipinski definition) is 4. The Labute approximate surface area is 178 Å². The number of rotatable bonds is 5. The summed E-state index contributed by atoms with van der Waals surface area (Å²) in [7, 11) is 1.75. The van der Waals surface area contributed by atoms with Crippen molar-refractivity contribution >= 4 is 23.2 Å². The van der Waals surface area contributed by atoms with Gasteiger partial charge in [-0.15, -0.1) is 11.3 Å². The second kappa shape index (κ2) is 9.17. The van der Waals surface area contributed by atoms with Crippen molar-refractivity contribution in [1.82, 2.24) is 10.2 Å². The molecule has 1 aromatic heterocycles. The SMILES string of the molecule is COC1CCN(C(=O)C2(CNC(=O)c3cc4c(s3)CCCCCC4)CCC2)CC1. The van der Waals surface area contributed by atoms with Crippen LogP contribution in [0.1, 0.15) is 77.9 Å². The first-order valence-corrected chi connectivity index (χ1v) is 12.1. The van der Waals surface area contributed by atoms with Crippen LogP contribution in [0, 0.1) is 5.41 Å². The van der Waals surface area contributed by atoms with E-state index in [-0.39, 0.29) is 23.3 Å². The van der Waals surface area contributed by atoms with Gasteiger partial charge in [0.2, 0.25) is 5.91 Å². The first kappa shape index (κ1) is 20.9. The average Bonchev–Trinajstić information content (AvgIpc) is 3.09. The van der Waals surface area contributed by atoms with E-state index in [1.165, 1.54) is 36.1 Å². The van der Waals surface area contributed by atoms with Crippen molar-refractivity contribution in [3.63, 3.8) is 0 Å². The van der Waals surface area contributed by atoms with Crippen LogP contribution in [0.5, 0.6) is 0 Å². The number of hydrogen-bond donors (Lipinski definition) is 1. The topological polar surface area (TPSA) is 58.6 Å². The minimum Gasteiger partial charge on any atom is -0.381 e. The van der Waals surface area contributed by atoms with Crippen molar-refractivity contribution in [3.8, 4) is 0 Å². The summed E-state index contributed by atoms with van der Waals surface area (Å²) in [4.78, 5) is 30.3. The van der Waals surface area contributed by atoms with Gasteiger partial charge in [-0.3, -0.25) is 9.59 Å². The molecule has 160 valence electrons. The molecule has 1 saturated carbocycles. The highest BCUT2D eigenvalue weighted by atomic mass is 32.1. The van der Waals surface area contributed by atoms with Gasteiger partial charge in [0, 0.05) is 31.6 Å². The number of likely N-dealkylation sites (tertiary alicyclic amines) is 1. The van der Waals surface area contributed by atoms with Gasteiger partial charge in [-0.1, -0.05) is 19.3 Å². The second-order valence-electron chi connectivity index (χ2n) is 9.02. The molecule has 1 N–H and O–H groups in total. The standard InChI is InChI=1S/C23H34N2O3S/c1-28-18-9-13-25(14-10-18)22(27)23(11-6-12-23)16-24-21(26)20-15-17-7-4-2-3-5-8-19(17)29-20/h15,18H,2-14,16H2,1H3,(H,24,26). The minimum absolute atomic E-state index is 0.00101. The second-order valence-corrected chi connectivity index (χ2v) is 10.2. The number of carbonyl (C=O) groups is 2. The molecule has 0 radical (unpaired) electrons. The fourth-order valence-electron chi connectivity index (χ4n) is 4.99. The fourth-order valence-corrected chi connectivity index (χ4v) is 6.16. The molecule has 29 heavy (non-hydrogen) atoms. The molecular formula is C23H34N2O3S. The van der Waals surface area contributed by atoms with E-state index < -0.39 is 0 Å². The van der Waals surface area contributed by atoms with Gasteiger partial charge in [0.1, 0.15) is 0 Å². The maximum atomic E-state index is 13.2. The van der Waals surface area contributed by atoms with E-state index in [9.17, 15) is 9.59 Å². The summed E-state index contributed by atoms with van der Waals surface area (Å²) in [6.45, 7) is 2.01. The zero-order valence-corrected chi connectivity index (χ0v) is 18.5. The summed E-state index contributed by atoms with van der Waals surface area (Å²) in [5, 5.41) is 3.12. The molecule has 2 aliphatic carbocycles. The van der Waals surface area contributed by atoms with Gasteiger partial charge >= 0.3 is 0 Å². The Kier molecular flexibility index (Phi) is 6.60.